The molecular weight excluding hydrogens is 942 g/mol. The van der Waals surface area contributed by atoms with Gasteiger partial charge in [-0.3, -0.25) is 0 Å². The molecule has 0 unspecified atom stereocenters. The Kier molecular flexibility index (Phi) is 14.5. The summed E-state index contributed by atoms with van der Waals surface area (Å²) in [6.07, 6.45) is 0. The molecule has 0 aromatic heterocycles. The molecule has 11 rings (SSSR count). The number of hydrogen-bond donors (Lipinski definition) is 0. The van der Waals surface area contributed by atoms with Gasteiger partial charge in [0, 0.05) is 50.9 Å². The third kappa shape index (κ3) is 9.60. The molecule has 0 saturated carbocycles. The van der Waals surface area contributed by atoms with Crippen molar-refractivity contribution in [1.29, 1.82) is 0 Å². The van der Waals surface area contributed by atoms with Crippen LogP contribution in [0.4, 0.5) is 51.2 Å². The zero-order valence-electron chi connectivity index (χ0n) is 51.4. The van der Waals surface area contributed by atoms with Crippen molar-refractivity contribution in [3.8, 4) is 11.1 Å². The average Bonchev–Trinajstić information content (AvgIpc) is 3.43. The maximum absolute atomic E-state index is 2.63. The van der Waals surface area contributed by atoms with E-state index in [4.69, 9.17) is 0 Å². The lowest BCUT2D eigenvalue weighted by Crippen LogP contribution is -2.61. The van der Waals surface area contributed by atoms with Crippen molar-refractivity contribution < 1.29 is 0 Å². The van der Waals surface area contributed by atoms with Crippen LogP contribution in [-0.2, 0) is 27.1 Å². The first-order chi connectivity index (χ1) is 36.7. The van der Waals surface area contributed by atoms with Crippen LogP contribution < -0.4 is 31.1 Å². The maximum atomic E-state index is 2.63. The Morgan fingerprint density at radius 2 is 0.885 bits per heavy atom. The molecule has 0 bridgehead atoms. The minimum absolute atomic E-state index is 0.0182. The minimum atomic E-state index is -0.167. The Hall–Kier alpha value is -6.78. The van der Waals surface area contributed by atoms with E-state index < -0.39 is 0 Å². The monoisotopic (exact) mass is 1030 g/mol. The van der Waals surface area contributed by atoms with Crippen LogP contribution in [0, 0.1) is 20.8 Å². The van der Waals surface area contributed by atoms with Gasteiger partial charge < -0.3 is 14.7 Å². The number of fused-ring (bicyclic) bond motifs is 7. The summed E-state index contributed by atoms with van der Waals surface area (Å²) < 4.78 is 0. The first-order valence-corrected chi connectivity index (χ1v) is 29.1. The minimum Gasteiger partial charge on any atom is -0.311 e. The van der Waals surface area contributed by atoms with Crippen molar-refractivity contribution in [3.05, 3.63) is 202 Å². The number of rotatable bonds is 5. The van der Waals surface area contributed by atoms with Gasteiger partial charge in [-0.2, -0.15) is 0 Å². The Bertz CT molecular complexity index is 3520. The molecular formula is C74H88BN3. The van der Waals surface area contributed by atoms with Crippen LogP contribution in [0.25, 0.3) is 11.1 Å². The molecule has 4 heteroatoms. The quantitative estimate of drug-likeness (QED) is 0.159. The van der Waals surface area contributed by atoms with Gasteiger partial charge in [0.2, 0.25) is 0 Å². The molecule has 8 aromatic rings. The third-order valence-corrected chi connectivity index (χ3v) is 16.7. The summed E-state index contributed by atoms with van der Waals surface area (Å²) >= 11 is 0. The van der Waals surface area contributed by atoms with Crippen LogP contribution >= 0.6 is 0 Å². The summed E-state index contributed by atoms with van der Waals surface area (Å²) in [7, 11) is 0. The largest absolute Gasteiger partial charge is 0.311 e. The van der Waals surface area contributed by atoms with E-state index in [-0.39, 0.29) is 33.8 Å². The molecule has 1 aliphatic carbocycles. The zero-order valence-corrected chi connectivity index (χ0v) is 51.4. The van der Waals surface area contributed by atoms with E-state index in [1.165, 1.54) is 117 Å². The molecule has 0 saturated heterocycles. The first-order valence-electron chi connectivity index (χ1n) is 29.1. The number of aryl methyl sites for hydroxylation is 3. The highest BCUT2D eigenvalue weighted by molar-refractivity contribution is 7.00. The molecule has 8 aromatic carbocycles. The highest BCUT2D eigenvalue weighted by Gasteiger charge is 2.45. The predicted octanol–water partition coefficient (Wildman–Crippen LogP) is 19.7. The second-order valence-corrected chi connectivity index (χ2v) is 26.6. The van der Waals surface area contributed by atoms with Gasteiger partial charge in [0.1, 0.15) is 0 Å². The van der Waals surface area contributed by atoms with Crippen LogP contribution in [0.15, 0.2) is 152 Å². The molecule has 78 heavy (non-hydrogen) atoms. The zero-order chi connectivity index (χ0) is 56.8. The van der Waals surface area contributed by atoms with Crippen molar-refractivity contribution >= 4 is 74.3 Å². The van der Waals surface area contributed by atoms with Crippen LogP contribution in [0.2, 0.25) is 0 Å². The number of nitrogens with zero attached hydrogens (tertiary/aromatic N) is 3. The van der Waals surface area contributed by atoms with E-state index in [0.717, 1.165) is 11.4 Å². The lowest BCUT2D eigenvalue weighted by Gasteiger charge is -2.45. The van der Waals surface area contributed by atoms with Gasteiger partial charge in [0.15, 0.2) is 0 Å². The van der Waals surface area contributed by atoms with Gasteiger partial charge >= 0.3 is 0 Å². The Morgan fingerprint density at radius 1 is 0.397 bits per heavy atom. The van der Waals surface area contributed by atoms with Crippen molar-refractivity contribution in [2.24, 2.45) is 0 Å². The molecule has 0 N–H and O–H groups in total. The summed E-state index contributed by atoms with van der Waals surface area (Å²) in [5.41, 5.74) is 29.2. The van der Waals surface area contributed by atoms with E-state index in [1.807, 2.05) is 27.7 Å². The number of benzene rings is 8. The van der Waals surface area contributed by atoms with Crippen LogP contribution in [0.3, 0.4) is 0 Å². The molecule has 0 amide bonds. The van der Waals surface area contributed by atoms with E-state index in [0.29, 0.717) is 0 Å². The molecule has 402 valence electrons. The fourth-order valence-corrected chi connectivity index (χ4v) is 12.5. The van der Waals surface area contributed by atoms with E-state index in [2.05, 4.69) is 284 Å². The highest BCUT2D eigenvalue weighted by Crippen LogP contribution is 2.53. The van der Waals surface area contributed by atoms with Crippen LogP contribution in [-0.4, -0.2) is 6.71 Å². The summed E-state index contributed by atoms with van der Waals surface area (Å²) in [6, 6.07) is 59.5. The predicted molar refractivity (Wildman–Crippen MR) is 344 cm³/mol. The summed E-state index contributed by atoms with van der Waals surface area (Å²) in [5, 5.41) is 0. The van der Waals surface area contributed by atoms with E-state index in [1.54, 1.807) is 0 Å². The van der Waals surface area contributed by atoms with Crippen LogP contribution in [0.1, 0.15) is 175 Å². The van der Waals surface area contributed by atoms with Crippen molar-refractivity contribution in [3.63, 3.8) is 0 Å². The van der Waals surface area contributed by atoms with E-state index >= 15 is 0 Å². The van der Waals surface area contributed by atoms with Gasteiger partial charge in [-0.1, -0.05) is 210 Å². The Labute approximate surface area is 471 Å². The first kappa shape index (κ1) is 56.0. The Balaban J connectivity index is 0.00000181. The van der Waals surface area contributed by atoms with Crippen LogP contribution in [0.5, 0.6) is 0 Å². The Morgan fingerprint density at radius 3 is 1.45 bits per heavy atom. The average molecular weight is 1030 g/mol. The molecule has 0 spiro atoms. The fourth-order valence-electron chi connectivity index (χ4n) is 12.5. The van der Waals surface area contributed by atoms with Gasteiger partial charge in [0.25, 0.3) is 6.71 Å². The van der Waals surface area contributed by atoms with Gasteiger partial charge in [-0.15, -0.1) is 0 Å². The van der Waals surface area contributed by atoms with Gasteiger partial charge in [-0.25, -0.2) is 0 Å². The standard InChI is InChI=1S/C70H76BN3.2C2H6/c1-43-36-62-64-63(37-43)74(52-31-33-55-54-20-18-19-21-56(54)70(16,17)57(55)41-52)61-42-53(72(50-27-22-46(23-28-50)66(4,5)6)65-44(2)38-49(39-45(65)3)69(13,14)15)32-34-58(61)71(64)59-40-48(68(10,11)12)26-35-60(59)73(62)51-29-24-47(25-30-51)67(7,8)9;2*1-2/h18-42H,1-17H3;2*1-2H3. The van der Waals surface area contributed by atoms with Gasteiger partial charge in [0.05, 0.1) is 5.69 Å². The second kappa shape index (κ2) is 20.2. The molecule has 3 nitrogen and oxygen atoms in total. The third-order valence-electron chi connectivity index (χ3n) is 16.7. The van der Waals surface area contributed by atoms with Crippen molar-refractivity contribution in [2.45, 2.75) is 172 Å². The molecule has 3 aliphatic rings. The SMILES string of the molecule is CC.CC.Cc1cc2c3c(c1)N(c1ccc4c(c1)C(C)(C)c1ccccc1-4)c1cc(N(c4ccc(C(C)(C)C)cc4)c4c(C)cc(C(C)(C)C)cc4C)ccc1B3c1cc(C(C)(C)C)ccc1N2c1ccc(C(C)(C)C)cc1. The highest BCUT2D eigenvalue weighted by atomic mass is 15.2. The molecule has 2 aliphatic heterocycles. The molecule has 0 fully saturated rings. The van der Waals surface area contributed by atoms with Gasteiger partial charge in [-0.05, 0) is 187 Å². The molecule has 0 radical (unpaired) electrons. The fraction of sp³-hybridized carbons (Fsp3) is 0.351. The topological polar surface area (TPSA) is 9.72 Å². The smallest absolute Gasteiger partial charge is 0.252 e. The molecule has 0 atom stereocenters. The molecule has 2 heterocycles. The summed E-state index contributed by atoms with van der Waals surface area (Å²) in [6.45, 7) is 47.5. The lowest BCUT2D eigenvalue weighted by atomic mass is 9.33. The number of hydrogen-bond acceptors (Lipinski definition) is 3. The lowest BCUT2D eigenvalue weighted by molar-refractivity contribution is 0.589. The maximum Gasteiger partial charge on any atom is 0.252 e. The van der Waals surface area contributed by atoms with Crippen molar-refractivity contribution in [2.75, 3.05) is 14.7 Å². The number of anilines is 9. The summed E-state index contributed by atoms with van der Waals surface area (Å²) in [5.74, 6) is 0. The summed E-state index contributed by atoms with van der Waals surface area (Å²) in [4.78, 5) is 7.73. The van der Waals surface area contributed by atoms with Crippen molar-refractivity contribution in [1.82, 2.24) is 0 Å². The normalized spacial score (nSPS) is 14.0. The van der Waals surface area contributed by atoms with E-state index in [9.17, 15) is 0 Å². The second-order valence-electron chi connectivity index (χ2n) is 26.6.